The van der Waals surface area contributed by atoms with E-state index in [0.29, 0.717) is 6.04 Å². The minimum absolute atomic E-state index is 0.664. The third-order valence-corrected chi connectivity index (χ3v) is 8.68. The lowest BCUT2D eigenvalue weighted by molar-refractivity contribution is 0.152. The Hall–Kier alpha value is -2.04. The van der Waals surface area contributed by atoms with Gasteiger partial charge < -0.3 is 19.3 Å². The van der Waals surface area contributed by atoms with Gasteiger partial charge in [0.25, 0.3) is 0 Å². The van der Waals surface area contributed by atoms with Gasteiger partial charge in [-0.2, -0.15) is 0 Å². The molecule has 2 heterocycles. The average molecular weight is 507 g/mol. The van der Waals surface area contributed by atoms with Crippen molar-refractivity contribution in [2.24, 2.45) is 0 Å². The van der Waals surface area contributed by atoms with Crippen LogP contribution in [0.2, 0.25) is 0 Å². The van der Waals surface area contributed by atoms with Gasteiger partial charge in [0.1, 0.15) is 11.5 Å². The molecule has 0 saturated carbocycles. The van der Waals surface area contributed by atoms with Gasteiger partial charge in [-0.05, 0) is 121 Å². The Labute approximate surface area is 226 Å². The highest BCUT2D eigenvalue weighted by Crippen LogP contribution is 2.31. The first-order valence-corrected chi connectivity index (χ1v) is 14.8. The highest BCUT2D eigenvalue weighted by Gasteiger charge is 2.20. The fraction of sp³-hybridized carbons (Fsp3) is 0.636. The van der Waals surface area contributed by atoms with Crippen molar-refractivity contribution in [3.63, 3.8) is 0 Å². The molecule has 0 radical (unpaired) electrons. The lowest BCUT2D eigenvalue weighted by Crippen LogP contribution is -2.37. The number of likely N-dealkylation sites (tertiary alicyclic amines) is 2. The molecule has 2 unspecified atom stereocenters. The maximum atomic E-state index is 6.42. The van der Waals surface area contributed by atoms with Crippen LogP contribution < -0.4 is 9.47 Å². The van der Waals surface area contributed by atoms with E-state index in [1.54, 1.807) is 0 Å². The van der Waals surface area contributed by atoms with Crippen LogP contribution in [0.3, 0.4) is 0 Å². The van der Waals surface area contributed by atoms with Crippen molar-refractivity contribution in [1.29, 1.82) is 0 Å². The first kappa shape index (κ1) is 28.0. The summed E-state index contributed by atoms with van der Waals surface area (Å²) in [5.74, 6) is 2.14. The van der Waals surface area contributed by atoms with Crippen LogP contribution >= 0.6 is 0 Å². The van der Waals surface area contributed by atoms with Gasteiger partial charge in [-0.25, -0.2) is 0 Å². The van der Waals surface area contributed by atoms with E-state index in [-0.39, 0.29) is 0 Å². The molecule has 0 aliphatic carbocycles. The molecule has 0 N–H and O–H groups in total. The lowest BCUT2D eigenvalue weighted by Gasteiger charge is -2.32. The monoisotopic (exact) mass is 506 g/mol. The molecule has 2 aliphatic rings. The van der Waals surface area contributed by atoms with Crippen LogP contribution in [-0.2, 0) is 6.42 Å². The quantitative estimate of drug-likeness (QED) is 0.304. The molecule has 204 valence electrons. The maximum absolute atomic E-state index is 6.42. The first-order chi connectivity index (χ1) is 17.9. The van der Waals surface area contributed by atoms with Crippen molar-refractivity contribution in [1.82, 2.24) is 9.80 Å². The molecule has 2 aliphatic heterocycles. The second-order valence-corrected chi connectivity index (χ2v) is 11.7. The fourth-order valence-electron chi connectivity index (χ4n) is 6.46. The zero-order valence-electron chi connectivity index (χ0n) is 24.2. The van der Waals surface area contributed by atoms with Gasteiger partial charge in [-0.15, -0.1) is 0 Å². The van der Waals surface area contributed by atoms with Crippen molar-refractivity contribution in [3.05, 3.63) is 58.1 Å². The minimum Gasteiger partial charge on any atom is -0.493 e. The van der Waals surface area contributed by atoms with E-state index in [1.165, 1.54) is 85.9 Å². The Balaban J connectivity index is 1.33. The first-order valence-electron chi connectivity index (χ1n) is 14.8. The largest absolute Gasteiger partial charge is 0.493 e. The number of ether oxygens (including phenoxy) is 2. The standard InChI is InChI=1S/C33H50N2O2/c1-25-12-10-13-29(33(25)36-20-11-16-30-14-6-8-18-34(30)4)24-28-22-26(2)32(27(3)23-28)37-21-17-31-15-7-9-19-35(31)5/h10,12-13,22-23,30-31H,6-9,11,14-21,24H2,1-5H3. The van der Waals surface area contributed by atoms with Gasteiger partial charge in [-0.3, -0.25) is 0 Å². The number of para-hydroxylation sites is 1. The molecule has 2 atom stereocenters. The van der Waals surface area contributed by atoms with Crippen molar-refractivity contribution in [2.45, 2.75) is 97.1 Å². The summed E-state index contributed by atoms with van der Waals surface area (Å²) in [6.07, 6.45) is 12.4. The number of aryl methyl sites for hydroxylation is 3. The predicted octanol–water partition coefficient (Wildman–Crippen LogP) is 7.10. The normalized spacial score (nSPS) is 21.2. The van der Waals surface area contributed by atoms with E-state index in [1.807, 2.05) is 0 Å². The van der Waals surface area contributed by atoms with Gasteiger partial charge in [0, 0.05) is 18.5 Å². The van der Waals surface area contributed by atoms with Crippen LogP contribution in [-0.4, -0.2) is 62.3 Å². The summed E-state index contributed by atoms with van der Waals surface area (Å²) in [5, 5.41) is 0. The average Bonchev–Trinajstić information content (AvgIpc) is 2.87. The summed E-state index contributed by atoms with van der Waals surface area (Å²) < 4.78 is 12.8. The van der Waals surface area contributed by atoms with E-state index in [9.17, 15) is 0 Å². The molecule has 0 spiro atoms. The summed E-state index contributed by atoms with van der Waals surface area (Å²) in [5.41, 5.74) is 6.31. The number of benzene rings is 2. The zero-order chi connectivity index (χ0) is 26.2. The van der Waals surface area contributed by atoms with Gasteiger partial charge in [0.2, 0.25) is 0 Å². The van der Waals surface area contributed by atoms with Gasteiger partial charge in [-0.1, -0.05) is 43.2 Å². The summed E-state index contributed by atoms with van der Waals surface area (Å²) in [6.45, 7) is 10.6. The Morgan fingerprint density at radius 2 is 1.35 bits per heavy atom. The van der Waals surface area contributed by atoms with Crippen LogP contribution in [0.1, 0.15) is 85.6 Å². The molecule has 2 saturated heterocycles. The highest BCUT2D eigenvalue weighted by atomic mass is 16.5. The van der Waals surface area contributed by atoms with E-state index >= 15 is 0 Å². The Morgan fingerprint density at radius 1 is 0.730 bits per heavy atom. The minimum atomic E-state index is 0.664. The van der Waals surface area contributed by atoms with Gasteiger partial charge in [0.05, 0.1) is 13.2 Å². The van der Waals surface area contributed by atoms with Crippen molar-refractivity contribution in [2.75, 3.05) is 40.4 Å². The highest BCUT2D eigenvalue weighted by molar-refractivity contribution is 5.48. The molecule has 4 heteroatoms. The van der Waals surface area contributed by atoms with E-state index in [4.69, 9.17) is 9.47 Å². The molecule has 37 heavy (non-hydrogen) atoms. The summed E-state index contributed by atoms with van der Waals surface area (Å²) in [4.78, 5) is 5.04. The van der Waals surface area contributed by atoms with Crippen LogP contribution in [0, 0.1) is 20.8 Å². The number of nitrogens with zero attached hydrogens (tertiary/aromatic N) is 2. The molecular formula is C33H50N2O2. The molecule has 0 amide bonds. The van der Waals surface area contributed by atoms with Crippen LogP contribution in [0.25, 0.3) is 0 Å². The number of hydrogen-bond donors (Lipinski definition) is 0. The second kappa shape index (κ2) is 13.7. The molecule has 2 fully saturated rings. The summed E-state index contributed by atoms with van der Waals surface area (Å²) in [7, 11) is 4.54. The van der Waals surface area contributed by atoms with Gasteiger partial charge >= 0.3 is 0 Å². The molecule has 2 aromatic rings. The maximum Gasteiger partial charge on any atom is 0.125 e. The zero-order valence-corrected chi connectivity index (χ0v) is 24.2. The number of hydrogen-bond acceptors (Lipinski definition) is 4. The third kappa shape index (κ3) is 7.74. The smallest absolute Gasteiger partial charge is 0.125 e. The Bertz CT molecular complexity index is 981. The molecule has 4 rings (SSSR count). The third-order valence-electron chi connectivity index (χ3n) is 8.68. The SMILES string of the molecule is Cc1cc(Cc2cccc(C)c2OCCCC2CCCCN2C)cc(C)c1OCCC1CCCCN1C. The van der Waals surface area contributed by atoms with Gasteiger partial charge in [0.15, 0.2) is 0 Å². The van der Waals surface area contributed by atoms with Crippen molar-refractivity contribution >= 4 is 0 Å². The van der Waals surface area contributed by atoms with Crippen molar-refractivity contribution < 1.29 is 9.47 Å². The Morgan fingerprint density at radius 3 is 2.00 bits per heavy atom. The summed E-state index contributed by atoms with van der Waals surface area (Å²) >= 11 is 0. The van der Waals surface area contributed by atoms with E-state index in [2.05, 4.69) is 75.0 Å². The molecule has 4 nitrogen and oxygen atoms in total. The lowest BCUT2D eigenvalue weighted by atomic mass is 9.97. The molecular weight excluding hydrogens is 456 g/mol. The van der Waals surface area contributed by atoms with E-state index in [0.717, 1.165) is 50.0 Å². The number of piperidine rings is 2. The molecule has 2 aromatic carbocycles. The molecule has 0 aromatic heterocycles. The Kier molecular flexibility index (Phi) is 10.3. The van der Waals surface area contributed by atoms with Crippen LogP contribution in [0.15, 0.2) is 30.3 Å². The topological polar surface area (TPSA) is 24.9 Å². The summed E-state index contributed by atoms with van der Waals surface area (Å²) in [6, 6.07) is 12.6. The fourth-order valence-corrected chi connectivity index (χ4v) is 6.46. The van der Waals surface area contributed by atoms with Crippen molar-refractivity contribution in [3.8, 4) is 11.5 Å². The molecule has 0 bridgehead atoms. The number of rotatable bonds is 11. The van der Waals surface area contributed by atoms with Crippen LogP contribution in [0.5, 0.6) is 11.5 Å². The van der Waals surface area contributed by atoms with E-state index < -0.39 is 0 Å². The second-order valence-electron chi connectivity index (χ2n) is 11.7. The van der Waals surface area contributed by atoms with Crippen LogP contribution in [0.4, 0.5) is 0 Å². The predicted molar refractivity (Wildman–Crippen MR) is 155 cm³/mol.